The number of para-hydroxylation sites is 1. The molecule has 0 fully saturated rings. The second-order valence-corrected chi connectivity index (χ2v) is 6.51. The number of nitrogens with zero attached hydrogens (tertiary/aromatic N) is 1. The zero-order valence-corrected chi connectivity index (χ0v) is 16.0. The number of hydrogen-bond acceptors (Lipinski definition) is 6. The number of carbonyl (C=O) groups is 2. The Morgan fingerprint density at radius 2 is 1.86 bits per heavy atom. The first-order chi connectivity index (χ1) is 13.3. The standard InChI is InChI=1S/C20H23N3O5/c1-4-12-20(2,19(25)28-3)22-18(24)14-10-11-16(17(13-14)23(26)27)21-15-8-6-5-7-9-15/h5-11,13,21H,4,12H2,1-3H3,(H,22,24). The van der Waals surface area contributed by atoms with E-state index in [4.69, 9.17) is 4.74 Å². The molecule has 0 bridgehead atoms. The Morgan fingerprint density at radius 1 is 1.18 bits per heavy atom. The molecule has 1 unspecified atom stereocenters. The van der Waals surface area contributed by atoms with Crippen molar-refractivity contribution in [3.05, 3.63) is 64.2 Å². The Morgan fingerprint density at radius 3 is 2.43 bits per heavy atom. The highest BCUT2D eigenvalue weighted by Crippen LogP contribution is 2.29. The van der Waals surface area contributed by atoms with Gasteiger partial charge in [0.15, 0.2) is 0 Å². The summed E-state index contributed by atoms with van der Waals surface area (Å²) in [6, 6.07) is 13.1. The highest BCUT2D eigenvalue weighted by molar-refractivity contribution is 5.99. The van der Waals surface area contributed by atoms with Crippen LogP contribution in [-0.2, 0) is 9.53 Å². The van der Waals surface area contributed by atoms with Gasteiger partial charge in [-0.1, -0.05) is 31.5 Å². The molecule has 0 heterocycles. The number of hydrogen-bond donors (Lipinski definition) is 2. The van der Waals surface area contributed by atoms with Gasteiger partial charge in [0.1, 0.15) is 11.2 Å². The van der Waals surface area contributed by atoms with Gasteiger partial charge < -0.3 is 15.4 Å². The molecule has 148 valence electrons. The van der Waals surface area contributed by atoms with Crippen LogP contribution in [-0.4, -0.2) is 29.4 Å². The second-order valence-electron chi connectivity index (χ2n) is 6.51. The summed E-state index contributed by atoms with van der Waals surface area (Å²) in [6.07, 6.45) is 1.02. The fourth-order valence-electron chi connectivity index (χ4n) is 2.87. The lowest BCUT2D eigenvalue weighted by atomic mass is 9.95. The highest BCUT2D eigenvalue weighted by atomic mass is 16.6. The molecule has 0 saturated carbocycles. The summed E-state index contributed by atoms with van der Waals surface area (Å²) in [5.41, 5.74) is -0.430. The normalized spacial score (nSPS) is 12.5. The lowest BCUT2D eigenvalue weighted by Crippen LogP contribution is -2.52. The first-order valence-corrected chi connectivity index (χ1v) is 8.82. The van der Waals surface area contributed by atoms with E-state index in [0.29, 0.717) is 18.5 Å². The quantitative estimate of drug-likeness (QED) is 0.406. The van der Waals surface area contributed by atoms with E-state index in [1.165, 1.54) is 25.3 Å². The lowest BCUT2D eigenvalue weighted by Gasteiger charge is -2.27. The summed E-state index contributed by atoms with van der Waals surface area (Å²) in [5, 5.41) is 17.1. The molecule has 0 aliphatic rings. The molecular weight excluding hydrogens is 362 g/mol. The monoisotopic (exact) mass is 385 g/mol. The molecule has 0 saturated heterocycles. The van der Waals surface area contributed by atoms with Crippen LogP contribution in [0.25, 0.3) is 0 Å². The van der Waals surface area contributed by atoms with E-state index in [0.717, 1.165) is 0 Å². The molecule has 8 heteroatoms. The first-order valence-electron chi connectivity index (χ1n) is 8.82. The van der Waals surface area contributed by atoms with Gasteiger partial charge in [-0.25, -0.2) is 4.79 Å². The van der Waals surface area contributed by atoms with Gasteiger partial charge in [0.2, 0.25) is 0 Å². The van der Waals surface area contributed by atoms with Gasteiger partial charge >= 0.3 is 5.97 Å². The number of nitro benzene ring substituents is 1. The number of amides is 1. The predicted molar refractivity (Wildman–Crippen MR) is 106 cm³/mol. The Bertz CT molecular complexity index is 869. The maximum Gasteiger partial charge on any atom is 0.331 e. The maximum atomic E-state index is 12.6. The van der Waals surface area contributed by atoms with Gasteiger partial charge in [0, 0.05) is 17.3 Å². The highest BCUT2D eigenvalue weighted by Gasteiger charge is 2.35. The summed E-state index contributed by atoms with van der Waals surface area (Å²) < 4.78 is 4.78. The van der Waals surface area contributed by atoms with Crippen molar-refractivity contribution in [3.8, 4) is 0 Å². The lowest BCUT2D eigenvalue weighted by molar-refractivity contribution is -0.383. The van der Waals surface area contributed by atoms with E-state index < -0.39 is 22.3 Å². The number of nitrogens with one attached hydrogen (secondary N) is 2. The van der Waals surface area contributed by atoms with Crippen molar-refractivity contribution in [2.75, 3.05) is 12.4 Å². The van der Waals surface area contributed by atoms with Crippen LogP contribution in [0.4, 0.5) is 17.1 Å². The molecule has 8 nitrogen and oxygen atoms in total. The largest absolute Gasteiger partial charge is 0.467 e. The number of carbonyl (C=O) groups excluding carboxylic acids is 2. The molecule has 0 spiro atoms. The van der Waals surface area contributed by atoms with E-state index in [2.05, 4.69) is 10.6 Å². The molecule has 0 radical (unpaired) electrons. The molecule has 2 N–H and O–H groups in total. The van der Waals surface area contributed by atoms with Gasteiger partial charge in [-0.2, -0.15) is 0 Å². The van der Waals surface area contributed by atoms with Crippen molar-refractivity contribution < 1.29 is 19.2 Å². The average molecular weight is 385 g/mol. The first kappa shape index (κ1) is 20.9. The number of benzene rings is 2. The maximum absolute atomic E-state index is 12.6. The molecular formula is C20H23N3O5. The van der Waals surface area contributed by atoms with E-state index in [1.54, 1.807) is 31.2 Å². The van der Waals surface area contributed by atoms with Crippen LogP contribution < -0.4 is 10.6 Å². The number of methoxy groups -OCH3 is 1. The summed E-state index contributed by atoms with van der Waals surface area (Å²) in [4.78, 5) is 35.6. The Hall–Kier alpha value is -3.42. The van der Waals surface area contributed by atoms with Crippen LogP contribution in [0.2, 0.25) is 0 Å². The fraction of sp³-hybridized carbons (Fsp3) is 0.300. The van der Waals surface area contributed by atoms with Crippen molar-refractivity contribution in [1.29, 1.82) is 0 Å². The third kappa shape index (κ3) is 4.85. The van der Waals surface area contributed by atoms with Crippen LogP contribution in [0.15, 0.2) is 48.5 Å². The molecule has 1 amide bonds. The van der Waals surface area contributed by atoms with Gasteiger partial charge in [-0.15, -0.1) is 0 Å². The van der Waals surface area contributed by atoms with Gasteiger partial charge in [-0.05, 0) is 37.6 Å². The van der Waals surface area contributed by atoms with E-state index in [9.17, 15) is 19.7 Å². The molecule has 2 rings (SSSR count). The third-order valence-electron chi connectivity index (χ3n) is 4.28. The molecule has 2 aromatic carbocycles. The zero-order chi connectivity index (χ0) is 20.7. The average Bonchev–Trinajstić information content (AvgIpc) is 2.68. The van der Waals surface area contributed by atoms with E-state index in [1.807, 2.05) is 13.0 Å². The summed E-state index contributed by atoms with van der Waals surface area (Å²) in [7, 11) is 1.25. The minimum absolute atomic E-state index is 0.0801. The van der Waals surface area contributed by atoms with Crippen molar-refractivity contribution in [2.24, 2.45) is 0 Å². The second kappa shape index (κ2) is 8.98. The molecule has 28 heavy (non-hydrogen) atoms. The Kier molecular flexibility index (Phi) is 6.70. The minimum Gasteiger partial charge on any atom is -0.467 e. The van der Waals surface area contributed by atoms with Gasteiger partial charge in [0.05, 0.1) is 12.0 Å². The molecule has 0 aromatic heterocycles. The SMILES string of the molecule is CCCC(C)(NC(=O)c1ccc(Nc2ccccc2)c([N+](=O)[O-])c1)C(=O)OC. The van der Waals surface area contributed by atoms with Crippen molar-refractivity contribution >= 4 is 28.9 Å². The smallest absolute Gasteiger partial charge is 0.331 e. The number of esters is 1. The van der Waals surface area contributed by atoms with E-state index in [-0.39, 0.29) is 16.9 Å². The molecule has 2 aromatic rings. The molecule has 0 aliphatic carbocycles. The van der Waals surface area contributed by atoms with Gasteiger partial charge in [-0.3, -0.25) is 14.9 Å². The Labute approximate surface area is 163 Å². The predicted octanol–water partition coefficient (Wildman–Crippen LogP) is 3.80. The summed E-state index contributed by atoms with van der Waals surface area (Å²) in [5.74, 6) is -1.16. The van der Waals surface area contributed by atoms with Crippen molar-refractivity contribution in [3.63, 3.8) is 0 Å². The summed E-state index contributed by atoms with van der Waals surface area (Å²) in [6.45, 7) is 3.45. The molecule has 1 atom stereocenters. The zero-order valence-electron chi connectivity index (χ0n) is 16.0. The number of nitro groups is 1. The number of rotatable bonds is 8. The van der Waals surface area contributed by atoms with Crippen LogP contribution >= 0.6 is 0 Å². The Balaban J connectivity index is 2.30. The van der Waals surface area contributed by atoms with Gasteiger partial charge in [0.25, 0.3) is 11.6 Å². The van der Waals surface area contributed by atoms with E-state index >= 15 is 0 Å². The third-order valence-corrected chi connectivity index (χ3v) is 4.28. The fourth-order valence-corrected chi connectivity index (χ4v) is 2.87. The minimum atomic E-state index is -1.21. The number of anilines is 2. The molecule has 0 aliphatic heterocycles. The number of ether oxygens (including phenoxy) is 1. The van der Waals surface area contributed by atoms with Crippen LogP contribution in [0, 0.1) is 10.1 Å². The topological polar surface area (TPSA) is 111 Å². The van der Waals surface area contributed by atoms with Crippen LogP contribution in [0.3, 0.4) is 0 Å². The summed E-state index contributed by atoms with van der Waals surface area (Å²) >= 11 is 0. The van der Waals surface area contributed by atoms with Crippen LogP contribution in [0.1, 0.15) is 37.0 Å². The van der Waals surface area contributed by atoms with Crippen LogP contribution in [0.5, 0.6) is 0 Å². The van der Waals surface area contributed by atoms with Crippen molar-refractivity contribution in [2.45, 2.75) is 32.2 Å². The van der Waals surface area contributed by atoms with Crippen molar-refractivity contribution in [1.82, 2.24) is 5.32 Å².